The first-order valence-corrected chi connectivity index (χ1v) is 11.6. The van der Waals surface area contributed by atoms with Crippen LogP contribution in [0.3, 0.4) is 0 Å². The quantitative estimate of drug-likeness (QED) is 0.645. The van der Waals surface area contributed by atoms with Crippen LogP contribution in [0.2, 0.25) is 0 Å². The number of amides is 1. The van der Waals surface area contributed by atoms with Crippen LogP contribution in [0.1, 0.15) is 66.6 Å². The van der Waals surface area contributed by atoms with E-state index in [1.54, 1.807) is 0 Å². The Balaban J connectivity index is 1.47. The van der Waals surface area contributed by atoms with Gasteiger partial charge < -0.3 is 15.2 Å². The fourth-order valence-electron chi connectivity index (χ4n) is 5.37. The second kappa shape index (κ2) is 7.83. The van der Waals surface area contributed by atoms with E-state index in [1.165, 1.54) is 40.4 Å². The molecule has 3 aromatic rings. The van der Waals surface area contributed by atoms with Gasteiger partial charge in [-0.15, -0.1) is 0 Å². The Morgan fingerprint density at radius 2 is 2.00 bits per heavy atom. The van der Waals surface area contributed by atoms with E-state index in [-0.39, 0.29) is 11.3 Å². The molecule has 4 nitrogen and oxygen atoms in total. The highest BCUT2D eigenvalue weighted by atomic mass is 16.1. The average Bonchev–Trinajstić information content (AvgIpc) is 3.11. The van der Waals surface area contributed by atoms with Crippen LogP contribution in [0.5, 0.6) is 0 Å². The smallest absolute Gasteiger partial charge is 0.251 e. The Morgan fingerprint density at radius 1 is 1.19 bits per heavy atom. The number of benzene rings is 2. The highest BCUT2D eigenvalue weighted by molar-refractivity contribution is 5.94. The molecule has 2 atom stereocenters. The first-order chi connectivity index (χ1) is 14.9. The van der Waals surface area contributed by atoms with Gasteiger partial charge in [-0.3, -0.25) is 4.79 Å². The average molecular weight is 416 g/mol. The number of carbonyl (C=O) groups excluding carboxylic acids is 1. The molecule has 0 spiro atoms. The molecular formula is C27H33N3O. The predicted molar refractivity (Wildman–Crippen MR) is 127 cm³/mol. The van der Waals surface area contributed by atoms with Crippen molar-refractivity contribution in [3.63, 3.8) is 0 Å². The number of aromatic nitrogens is 1. The van der Waals surface area contributed by atoms with E-state index in [0.717, 1.165) is 19.5 Å². The van der Waals surface area contributed by atoms with Gasteiger partial charge in [-0.25, -0.2) is 0 Å². The van der Waals surface area contributed by atoms with Crippen molar-refractivity contribution in [1.82, 2.24) is 15.2 Å². The molecule has 1 aliphatic heterocycles. The second-order valence-electron chi connectivity index (χ2n) is 10.2. The molecule has 0 saturated carbocycles. The van der Waals surface area contributed by atoms with E-state index in [2.05, 4.69) is 54.3 Å². The fourth-order valence-corrected chi connectivity index (χ4v) is 5.37. The van der Waals surface area contributed by atoms with Gasteiger partial charge in [-0.05, 0) is 66.1 Å². The maximum Gasteiger partial charge on any atom is 0.251 e. The Bertz CT molecular complexity index is 1110. The summed E-state index contributed by atoms with van der Waals surface area (Å²) in [6.07, 6.45) is 5.97. The minimum absolute atomic E-state index is 0.00658. The molecule has 1 amide bonds. The molecule has 2 heterocycles. The molecule has 1 saturated heterocycles. The van der Waals surface area contributed by atoms with Crippen LogP contribution in [0.4, 0.5) is 0 Å². The molecular weight excluding hydrogens is 382 g/mol. The van der Waals surface area contributed by atoms with Crippen LogP contribution in [0, 0.1) is 0 Å². The molecule has 1 aliphatic carbocycles. The van der Waals surface area contributed by atoms with Crippen LogP contribution in [0.25, 0.3) is 10.9 Å². The normalized spacial score (nSPS) is 20.5. The fraction of sp³-hybridized carbons (Fsp3) is 0.444. The number of hydrogen-bond acceptors (Lipinski definition) is 2. The van der Waals surface area contributed by atoms with Crippen molar-refractivity contribution in [2.45, 2.75) is 64.0 Å². The van der Waals surface area contributed by atoms with Gasteiger partial charge in [0, 0.05) is 47.7 Å². The van der Waals surface area contributed by atoms with Crippen molar-refractivity contribution in [3.05, 3.63) is 70.9 Å². The SMILES string of the molecule is CC(C)(C)c1cc2c3c(cn(CCNC(=O)c4ccccc4)c3c1)C[C@H]1NCCC[C@H]21. The largest absolute Gasteiger partial charge is 0.350 e. The van der Waals surface area contributed by atoms with Gasteiger partial charge in [0.2, 0.25) is 0 Å². The lowest BCUT2D eigenvalue weighted by molar-refractivity contribution is 0.0952. The van der Waals surface area contributed by atoms with Crippen LogP contribution in [-0.4, -0.2) is 29.6 Å². The molecule has 31 heavy (non-hydrogen) atoms. The molecule has 2 N–H and O–H groups in total. The zero-order valence-electron chi connectivity index (χ0n) is 18.9. The van der Waals surface area contributed by atoms with Gasteiger partial charge in [0.15, 0.2) is 0 Å². The molecule has 162 valence electrons. The van der Waals surface area contributed by atoms with Crippen molar-refractivity contribution in [2.24, 2.45) is 0 Å². The van der Waals surface area contributed by atoms with E-state index in [1.807, 2.05) is 30.3 Å². The first kappa shape index (κ1) is 20.3. The van der Waals surface area contributed by atoms with Crippen LogP contribution >= 0.6 is 0 Å². The number of nitrogens with zero attached hydrogens (tertiary/aromatic N) is 1. The molecule has 0 bridgehead atoms. The standard InChI is InChI=1S/C27H33N3O/c1-27(2,3)20-15-22-21-10-7-11-28-23(21)14-19-17-30(24(16-20)25(19)22)13-12-29-26(31)18-8-5-4-6-9-18/h4-6,8-9,15-17,21,23,28H,7,10-14H2,1-3H3,(H,29,31)/t21-,23-/m1/s1. The van der Waals surface area contributed by atoms with E-state index >= 15 is 0 Å². The van der Waals surface area contributed by atoms with E-state index in [0.29, 0.717) is 24.1 Å². The number of nitrogens with one attached hydrogen (secondary N) is 2. The summed E-state index contributed by atoms with van der Waals surface area (Å²) in [5, 5.41) is 8.34. The summed E-state index contributed by atoms with van der Waals surface area (Å²) in [5.74, 6) is 0.604. The Kier molecular flexibility index (Phi) is 5.13. The summed E-state index contributed by atoms with van der Waals surface area (Å²) in [6.45, 7) is 9.44. The third-order valence-electron chi connectivity index (χ3n) is 7.05. The van der Waals surface area contributed by atoms with Crippen molar-refractivity contribution < 1.29 is 4.79 Å². The topological polar surface area (TPSA) is 46.1 Å². The molecule has 0 radical (unpaired) electrons. The molecule has 5 rings (SSSR count). The van der Waals surface area contributed by atoms with E-state index in [4.69, 9.17) is 0 Å². The number of fused-ring (bicyclic) bond motifs is 2. The number of piperidine rings is 1. The third-order valence-corrected chi connectivity index (χ3v) is 7.05. The lowest BCUT2D eigenvalue weighted by Gasteiger charge is -2.37. The maximum atomic E-state index is 12.5. The first-order valence-electron chi connectivity index (χ1n) is 11.6. The lowest BCUT2D eigenvalue weighted by atomic mass is 9.74. The highest BCUT2D eigenvalue weighted by Crippen LogP contribution is 2.43. The summed E-state index contributed by atoms with van der Waals surface area (Å²) in [5.41, 5.74) is 6.54. The number of carbonyl (C=O) groups is 1. The molecule has 0 unspecified atom stereocenters. The minimum Gasteiger partial charge on any atom is -0.350 e. The zero-order chi connectivity index (χ0) is 21.6. The number of rotatable bonds is 4. The van der Waals surface area contributed by atoms with Crippen molar-refractivity contribution in [2.75, 3.05) is 13.1 Å². The van der Waals surface area contributed by atoms with Crippen molar-refractivity contribution in [1.29, 1.82) is 0 Å². The van der Waals surface area contributed by atoms with Gasteiger partial charge in [-0.1, -0.05) is 45.0 Å². The molecule has 4 heteroatoms. The maximum absolute atomic E-state index is 12.5. The van der Waals surface area contributed by atoms with Crippen LogP contribution in [-0.2, 0) is 18.4 Å². The number of hydrogen-bond donors (Lipinski definition) is 2. The molecule has 1 aromatic heterocycles. The van der Waals surface area contributed by atoms with Gasteiger partial charge in [0.1, 0.15) is 0 Å². The summed E-state index contributed by atoms with van der Waals surface area (Å²) >= 11 is 0. The lowest BCUT2D eigenvalue weighted by Crippen LogP contribution is -2.43. The summed E-state index contributed by atoms with van der Waals surface area (Å²) in [7, 11) is 0. The van der Waals surface area contributed by atoms with Crippen LogP contribution in [0.15, 0.2) is 48.7 Å². The monoisotopic (exact) mass is 415 g/mol. The van der Waals surface area contributed by atoms with Crippen LogP contribution < -0.4 is 10.6 Å². The van der Waals surface area contributed by atoms with Gasteiger partial charge in [0.25, 0.3) is 5.91 Å². The third kappa shape index (κ3) is 3.78. The highest BCUT2D eigenvalue weighted by Gasteiger charge is 2.34. The van der Waals surface area contributed by atoms with E-state index < -0.39 is 0 Å². The van der Waals surface area contributed by atoms with Crippen molar-refractivity contribution >= 4 is 16.8 Å². The van der Waals surface area contributed by atoms with Gasteiger partial charge >= 0.3 is 0 Å². The summed E-state index contributed by atoms with van der Waals surface area (Å²) in [4.78, 5) is 12.5. The second-order valence-corrected chi connectivity index (χ2v) is 10.2. The Labute approximate surface area is 185 Å². The minimum atomic E-state index is -0.00658. The van der Waals surface area contributed by atoms with Crippen molar-refractivity contribution in [3.8, 4) is 0 Å². The Morgan fingerprint density at radius 3 is 2.77 bits per heavy atom. The van der Waals surface area contributed by atoms with E-state index in [9.17, 15) is 4.79 Å². The summed E-state index contributed by atoms with van der Waals surface area (Å²) in [6, 6.07) is 14.9. The summed E-state index contributed by atoms with van der Waals surface area (Å²) < 4.78 is 2.37. The van der Waals surface area contributed by atoms with Gasteiger partial charge in [0.05, 0.1) is 0 Å². The van der Waals surface area contributed by atoms with Gasteiger partial charge in [-0.2, -0.15) is 0 Å². The zero-order valence-corrected chi connectivity index (χ0v) is 18.9. The predicted octanol–water partition coefficient (Wildman–Crippen LogP) is 4.76. The molecule has 2 aliphatic rings. The molecule has 2 aromatic carbocycles. The molecule has 1 fully saturated rings. The Hall–Kier alpha value is -2.59.